The molecule has 1 heterocycles. The lowest BCUT2D eigenvalue weighted by molar-refractivity contribution is -0.384. The Bertz CT molecular complexity index is 1060. The molecule has 0 spiro atoms. The van der Waals surface area contributed by atoms with Crippen molar-refractivity contribution in [1.29, 1.82) is 0 Å². The third-order valence-corrected chi connectivity index (χ3v) is 4.85. The second-order valence-corrected chi connectivity index (χ2v) is 7.36. The van der Waals surface area contributed by atoms with Gasteiger partial charge < -0.3 is 9.73 Å². The van der Waals surface area contributed by atoms with Crippen LogP contribution in [0, 0.1) is 10.1 Å². The highest BCUT2D eigenvalue weighted by atomic mass is 32.2. The van der Waals surface area contributed by atoms with Crippen molar-refractivity contribution >= 4 is 34.8 Å². The van der Waals surface area contributed by atoms with E-state index in [1.807, 2.05) is 0 Å². The average molecular weight is 412 g/mol. The van der Waals surface area contributed by atoms with Crippen LogP contribution >= 0.6 is 11.8 Å². The Labute approximate surface area is 169 Å². The molecular weight excluding hydrogens is 396 g/mol. The van der Waals surface area contributed by atoms with E-state index in [-0.39, 0.29) is 28.5 Å². The molecule has 0 aliphatic rings. The minimum Gasteiger partial charge on any atom is -0.411 e. The van der Waals surface area contributed by atoms with E-state index in [9.17, 15) is 19.7 Å². The van der Waals surface area contributed by atoms with Gasteiger partial charge in [-0.25, -0.2) is 0 Å². The van der Waals surface area contributed by atoms with E-state index in [1.54, 1.807) is 37.3 Å². The van der Waals surface area contributed by atoms with Gasteiger partial charge in [0, 0.05) is 28.9 Å². The van der Waals surface area contributed by atoms with Gasteiger partial charge in [-0.15, -0.1) is 10.2 Å². The largest absolute Gasteiger partial charge is 0.411 e. The lowest BCUT2D eigenvalue weighted by Gasteiger charge is -2.10. The molecule has 0 bridgehead atoms. The molecule has 2 aromatic carbocycles. The van der Waals surface area contributed by atoms with Gasteiger partial charge in [-0.2, -0.15) is 0 Å². The fraction of sp³-hybridized carbons (Fsp3) is 0.158. The van der Waals surface area contributed by atoms with Gasteiger partial charge in [0.05, 0.1) is 10.2 Å². The van der Waals surface area contributed by atoms with Crippen LogP contribution in [0.25, 0.3) is 11.5 Å². The first-order valence-corrected chi connectivity index (χ1v) is 9.38. The van der Waals surface area contributed by atoms with Crippen LogP contribution in [-0.4, -0.2) is 32.1 Å². The van der Waals surface area contributed by atoms with E-state index in [0.29, 0.717) is 16.8 Å². The van der Waals surface area contributed by atoms with Crippen molar-refractivity contribution in [3.8, 4) is 11.5 Å². The first-order chi connectivity index (χ1) is 13.8. The van der Waals surface area contributed by atoms with E-state index < -0.39 is 10.2 Å². The first kappa shape index (κ1) is 20.2. The van der Waals surface area contributed by atoms with Gasteiger partial charge >= 0.3 is 0 Å². The maximum absolute atomic E-state index is 12.4. The molecule has 10 heteroatoms. The molecular formula is C19H16N4O5S. The van der Waals surface area contributed by atoms with Crippen molar-refractivity contribution < 1.29 is 18.9 Å². The fourth-order valence-corrected chi connectivity index (χ4v) is 3.05. The maximum atomic E-state index is 12.4. The van der Waals surface area contributed by atoms with Crippen molar-refractivity contribution in [2.75, 3.05) is 5.32 Å². The first-order valence-electron chi connectivity index (χ1n) is 8.50. The fourth-order valence-electron chi connectivity index (χ4n) is 2.36. The number of carbonyl (C=O) groups is 2. The lowest BCUT2D eigenvalue weighted by Crippen LogP contribution is -2.22. The van der Waals surface area contributed by atoms with Crippen molar-refractivity contribution in [2.45, 2.75) is 24.3 Å². The number of nitro benzene ring substituents is 1. The third-order valence-electron chi connectivity index (χ3n) is 3.92. The summed E-state index contributed by atoms with van der Waals surface area (Å²) >= 11 is 1.06. The summed E-state index contributed by atoms with van der Waals surface area (Å²) in [6.07, 6.45) is 0. The second kappa shape index (κ2) is 8.65. The Morgan fingerprint density at radius 1 is 1.17 bits per heavy atom. The van der Waals surface area contributed by atoms with E-state index >= 15 is 0 Å². The predicted octanol–water partition coefficient (Wildman–Crippen LogP) is 3.97. The number of anilines is 1. The van der Waals surface area contributed by atoms with Crippen molar-refractivity contribution in [2.24, 2.45) is 0 Å². The van der Waals surface area contributed by atoms with Crippen LogP contribution < -0.4 is 5.32 Å². The number of Topliss-reactive ketones (excluding diaryl/α,β-unsaturated/α-hetero) is 1. The van der Waals surface area contributed by atoms with Gasteiger partial charge in [0.1, 0.15) is 0 Å². The normalized spacial score (nSPS) is 11.7. The van der Waals surface area contributed by atoms with Gasteiger partial charge in [0.15, 0.2) is 5.78 Å². The number of rotatable bonds is 7. The van der Waals surface area contributed by atoms with Crippen molar-refractivity contribution in [3.05, 3.63) is 64.2 Å². The minimum absolute atomic E-state index is 0.0530. The van der Waals surface area contributed by atoms with Crippen LogP contribution in [-0.2, 0) is 4.79 Å². The number of nitrogens with one attached hydrogen (secondary N) is 1. The molecule has 1 atom stereocenters. The summed E-state index contributed by atoms with van der Waals surface area (Å²) in [5.41, 5.74) is 1.46. The molecule has 1 aromatic heterocycles. The third kappa shape index (κ3) is 5.05. The van der Waals surface area contributed by atoms with E-state index in [4.69, 9.17) is 4.42 Å². The maximum Gasteiger partial charge on any atom is 0.277 e. The summed E-state index contributed by atoms with van der Waals surface area (Å²) in [5, 5.41) is 21.0. The topological polar surface area (TPSA) is 128 Å². The van der Waals surface area contributed by atoms with Crippen molar-refractivity contribution in [3.63, 3.8) is 0 Å². The van der Waals surface area contributed by atoms with E-state index in [0.717, 1.165) is 11.8 Å². The quantitative estimate of drug-likeness (QED) is 0.267. The molecule has 3 rings (SSSR count). The summed E-state index contributed by atoms with van der Waals surface area (Å²) in [6, 6.07) is 12.4. The van der Waals surface area contributed by atoms with Gasteiger partial charge in [0.2, 0.25) is 11.8 Å². The highest BCUT2D eigenvalue weighted by Crippen LogP contribution is 2.28. The standard InChI is InChI=1S/C19H16N4O5S/c1-11(24)13-6-8-15(9-7-13)20-17(25)12(2)29-19-22-21-18(28-19)14-4-3-5-16(10-14)23(26)27/h3-10,12H,1-2H3,(H,20,25)/t12-/m1/s1. The number of hydrogen-bond donors (Lipinski definition) is 1. The molecule has 0 saturated heterocycles. The zero-order valence-electron chi connectivity index (χ0n) is 15.5. The van der Waals surface area contributed by atoms with Crippen molar-refractivity contribution in [1.82, 2.24) is 10.2 Å². The molecule has 1 N–H and O–H groups in total. The van der Waals surface area contributed by atoms with Crippen LogP contribution in [0.5, 0.6) is 0 Å². The zero-order chi connectivity index (χ0) is 21.0. The zero-order valence-corrected chi connectivity index (χ0v) is 16.3. The summed E-state index contributed by atoms with van der Waals surface area (Å²) in [6.45, 7) is 3.15. The SMILES string of the molecule is CC(=O)c1ccc(NC(=O)[C@@H](C)Sc2nnc(-c3cccc([N+](=O)[O-])c3)o2)cc1. The lowest BCUT2D eigenvalue weighted by atomic mass is 10.1. The summed E-state index contributed by atoms with van der Waals surface area (Å²) < 4.78 is 5.52. The number of nitro groups is 1. The van der Waals surface area contributed by atoms with E-state index in [2.05, 4.69) is 15.5 Å². The van der Waals surface area contributed by atoms with Gasteiger partial charge in [-0.3, -0.25) is 19.7 Å². The van der Waals surface area contributed by atoms with Gasteiger partial charge in [0.25, 0.3) is 10.9 Å². The molecule has 148 valence electrons. The van der Waals surface area contributed by atoms with Crippen LogP contribution in [0.4, 0.5) is 11.4 Å². The van der Waals surface area contributed by atoms with Crippen LogP contribution in [0.3, 0.4) is 0 Å². The van der Waals surface area contributed by atoms with Crippen LogP contribution in [0.1, 0.15) is 24.2 Å². The molecule has 0 fully saturated rings. The Kier molecular flexibility index (Phi) is 6.03. The number of amides is 1. The molecule has 0 aliphatic heterocycles. The highest BCUT2D eigenvalue weighted by molar-refractivity contribution is 8.00. The Morgan fingerprint density at radius 2 is 1.90 bits per heavy atom. The molecule has 3 aromatic rings. The Hall–Kier alpha value is -3.53. The number of carbonyl (C=O) groups excluding carboxylic acids is 2. The average Bonchev–Trinajstić information content (AvgIpc) is 3.17. The number of non-ortho nitro benzene ring substituents is 1. The molecule has 0 saturated carbocycles. The van der Waals surface area contributed by atoms with Crippen LogP contribution in [0.2, 0.25) is 0 Å². The minimum atomic E-state index is -0.541. The highest BCUT2D eigenvalue weighted by Gasteiger charge is 2.19. The number of aromatic nitrogens is 2. The Balaban J connectivity index is 1.64. The molecule has 0 unspecified atom stereocenters. The summed E-state index contributed by atoms with van der Waals surface area (Å²) in [5.74, 6) is -0.202. The molecule has 0 aliphatic carbocycles. The van der Waals surface area contributed by atoms with Gasteiger partial charge in [-0.1, -0.05) is 17.8 Å². The summed E-state index contributed by atoms with van der Waals surface area (Å²) in [7, 11) is 0. The number of thioether (sulfide) groups is 1. The monoisotopic (exact) mass is 412 g/mol. The molecule has 9 nitrogen and oxygen atoms in total. The summed E-state index contributed by atoms with van der Waals surface area (Å²) in [4.78, 5) is 34.0. The Morgan fingerprint density at radius 3 is 2.55 bits per heavy atom. The smallest absolute Gasteiger partial charge is 0.277 e. The van der Waals surface area contributed by atoms with Crippen LogP contribution in [0.15, 0.2) is 58.2 Å². The second-order valence-electron chi connectivity index (χ2n) is 6.06. The molecule has 1 amide bonds. The number of nitrogens with zero attached hydrogens (tertiary/aromatic N) is 3. The molecule has 0 radical (unpaired) electrons. The molecule has 29 heavy (non-hydrogen) atoms. The number of ketones is 1. The van der Waals surface area contributed by atoms with Gasteiger partial charge in [-0.05, 0) is 44.2 Å². The predicted molar refractivity (Wildman–Crippen MR) is 107 cm³/mol. The van der Waals surface area contributed by atoms with E-state index in [1.165, 1.54) is 25.1 Å². The number of benzene rings is 2. The number of hydrogen-bond acceptors (Lipinski definition) is 8.